The summed E-state index contributed by atoms with van der Waals surface area (Å²) in [5.41, 5.74) is 1.32. The standard InChI is InChI=1S/C13H21NS/c1-3-5-12-9-15-13(14-12)11-7-4-6-10(2)8-11/h9-11H,3-8H2,1-2H3. The predicted molar refractivity (Wildman–Crippen MR) is 66.5 cm³/mol. The summed E-state index contributed by atoms with van der Waals surface area (Å²) in [5, 5.41) is 3.67. The lowest BCUT2D eigenvalue weighted by Crippen LogP contribution is -2.11. The third-order valence-electron chi connectivity index (χ3n) is 3.36. The van der Waals surface area contributed by atoms with Gasteiger partial charge in [-0.1, -0.05) is 33.1 Å². The molecule has 0 spiro atoms. The van der Waals surface area contributed by atoms with Crippen molar-refractivity contribution < 1.29 is 0 Å². The molecule has 1 aromatic rings. The number of hydrogen-bond donors (Lipinski definition) is 0. The quantitative estimate of drug-likeness (QED) is 0.740. The lowest BCUT2D eigenvalue weighted by Gasteiger charge is -2.24. The van der Waals surface area contributed by atoms with Crippen LogP contribution in [0.25, 0.3) is 0 Å². The maximum Gasteiger partial charge on any atom is 0.0959 e. The zero-order valence-electron chi connectivity index (χ0n) is 9.83. The molecule has 0 bridgehead atoms. The Hall–Kier alpha value is -0.370. The van der Waals surface area contributed by atoms with Gasteiger partial charge in [0.15, 0.2) is 0 Å². The molecule has 84 valence electrons. The van der Waals surface area contributed by atoms with Crippen LogP contribution in [-0.2, 0) is 6.42 Å². The van der Waals surface area contributed by atoms with Gasteiger partial charge in [-0.25, -0.2) is 4.98 Å². The summed E-state index contributed by atoms with van der Waals surface area (Å²) in [6, 6.07) is 0. The highest BCUT2D eigenvalue weighted by molar-refractivity contribution is 7.09. The van der Waals surface area contributed by atoms with Crippen LogP contribution in [0.15, 0.2) is 5.38 Å². The van der Waals surface area contributed by atoms with Crippen LogP contribution >= 0.6 is 11.3 Å². The van der Waals surface area contributed by atoms with E-state index >= 15 is 0 Å². The van der Waals surface area contributed by atoms with E-state index in [1.54, 1.807) is 0 Å². The van der Waals surface area contributed by atoms with Gasteiger partial charge < -0.3 is 0 Å². The van der Waals surface area contributed by atoms with Crippen LogP contribution in [0.4, 0.5) is 0 Å². The van der Waals surface area contributed by atoms with E-state index in [9.17, 15) is 0 Å². The van der Waals surface area contributed by atoms with Crippen molar-refractivity contribution in [2.24, 2.45) is 5.92 Å². The van der Waals surface area contributed by atoms with Crippen molar-refractivity contribution in [2.45, 2.75) is 58.3 Å². The minimum atomic E-state index is 0.768. The summed E-state index contributed by atoms with van der Waals surface area (Å²) in [5.74, 6) is 1.67. The van der Waals surface area contributed by atoms with Gasteiger partial charge in [0.2, 0.25) is 0 Å². The first-order valence-corrected chi connectivity index (χ1v) is 7.12. The van der Waals surface area contributed by atoms with Crippen LogP contribution in [0, 0.1) is 5.92 Å². The molecule has 0 amide bonds. The van der Waals surface area contributed by atoms with E-state index in [-0.39, 0.29) is 0 Å². The molecule has 2 heteroatoms. The van der Waals surface area contributed by atoms with Crippen LogP contribution in [0.1, 0.15) is 62.6 Å². The maximum absolute atomic E-state index is 4.78. The summed E-state index contributed by atoms with van der Waals surface area (Å²) < 4.78 is 0. The van der Waals surface area contributed by atoms with E-state index in [1.807, 2.05) is 11.3 Å². The number of aryl methyl sites for hydroxylation is 1. The molecule has 0 N–H and O–H groups in total. The van der Waals surface area contributed by atoms with Gasteiger partial charge in [0.25, 0.3) is 0 Å². The first-order valence-electron chi connectivity index (χ1n) is 6.24. The summed E-state index contributed by atoms with van der Waals surface area (Å²) in [6.07, 6.45) is 7.91. The second-order valence-electron chi connectivity index (χ2n) is 4.90. The van der Waals surface area contributed by atoms with Gasteiger partial charge in [-0.15, -0.1) is 11.3 Å². The molecule has 1 heterocycles. The predicted octanol–water partition coefficient (Wildman–Crippen LogP) is 4.39. The molecule has 2 unspecified atom stereocenters. The van der Waals surface area contributed by atoms with Crippen LogP contribution in [0.2, 0.25) is 0 Å². The molecule has 0 saturated heterocycles. The maximum atomic E-state index is 4.78. The van der Waals surface area contributed by atoms with E-state index < -0.39 is 0 Å². The second-order valence-corrected chi connectivity index (χ2v) is 5.79. The Balaban J connectivity index is 2.01. The van der Waals surface area contributed by atoms with Crippen molar-refractivity contribution in [3.8, 4) is 0 Å². The van der Waals surface area contributed by atoms with E-state index in [1.165, 1.54) is 42.8 Å². The van der Waals surface area contributed by atoms with Crippen molar-refractivity contribution >= 4 is 11.3 Å². The van der Waals surface area contributed by atoms with Crippen molar-refractivity contribution in [2.75, 3.05) is 0 Å². The number of aromatic nitrogens is 1. The Morgan fingerprint density at radius 3 is 3.07 bits per heavy atom. The summed E-state index contributed by atoms with van der Waals surface area (Å²) in [6.45, 7) is 4.61. The lowest BCUT2D eigenvalue weighted by molar-refractivity contribution is 0.343. The van der Waals surface area contributed by atoms with Gasteiger partial charge in [0.1, 0.15) is 0 Å². The topological polar surface area (TPSA) is 12.9 Å². The molecule has 2 atom stereocenters. The van der Waals surface area contributed by atoms with Gasteiger partial charge in [0, 0.05) is 11.3 Å². The molecular weight excluding hydrogens is 202 g/mol. The van der Waals surface area contributed by atoms with E-state index in [0.29, 0.717) is 0 Å². The highest BCUT2D eigenvalue weighted by Crippen LogP contribution is 2.37. The SMILES string of the molecule is CCCc1csc(C2CCCC(C)C2)n1. The lowest BCUT2D eigenvalue weighted by atomic mass is 9.83. The van der Waals surface area contributed by atoms with Crippen LogP contribution in [-0.4, -0.2) is 4.98 Å². The number of nitrogens with zero attached hydrogens (tertiary/aromatic N) is 1. The first-order chi connectivity index (χ1) is 7.29. The van der Waals surface area contributed by atoms with Gasteiger partial charge in [-0.05, 0) is 25.2 Å². The average Bonchev–Trinajstić information content (AvgIpc) is 2.67. The van der Waals surface area contributed by atoms with Crippen LogP contribution in [0.5, 0.6) is 0 Å². The van der Waals surface area contributed by atoms with Crippen molar-refractivity contribution in [1.29, 1.82) is 0 Å². The molecule has 0 radical (unpaired) electrons. The molecule has 15 heavy (non-hydrogen) atoms. The third kappa shape index (κ3) is 2.81. The molecule has 1 fully saturated rings. The van der Waals surface area contributed by atoms with Crippen molar-refractivity contribution in [3.63, 3.8) is 0 Å². The van der Waals surface area contributed by atoms with E-state index in [2.05, 4.69) is 19.2 Å². The number of hydrogen-bond acceptors (Lipinski definition) is 2. The van der Waals surface area contributed by atoms with E-state index in [4.69, 9.17) is 4.98 Å². The Kier molecular flexibility index (Phi) is 3.79. The van der Waals surface area contributed by atoms with Gasteiger partial charge in [-0.3, -0.25) is 0 Å². The molecule has 2 rings (SSSR count). The molecule has 1 nitrogen and oxygen atoms in total. The largest absolute Gasteiger partial charge is 0.246 e. The van der Waals surface area contributed by atoms with Crippen molar-refractivity contribution in [1.82, 2.24) is 4.98 Å². The Morgan fingerprint density at radius 1 is 1.47 bits per heavy atom. The zero-order valence-corrected chi connectivity index (χ0v) is 10.6. The van der Waals surface area contributed by atoms with Crippen LogP contribution < -0.4 is 0 Å². The highest BCUT2D eigenvalue weighted by atomic mass is 32.1. The third-order valence-corrected chi connectivity index (χ3v) is 4.42. The number of rotatable bonds is 3. The Labute approximate surface area is 96.9 Å². The fourth-order valence-corrected chi connectivity index (χ4v) is 3.54. The minimum absolute atomic E-state index is 0.768. The molecule has 1 aromatic heterocycles. The highest BCUT2D eigenvalue weighted by Gasteiger charge is 2.22. The molecule has 0 aliphatic heterocycles. The summed E-state index contributed by atoms with van der Waals surface area (Å²) in [7, 11) is 0. The fraction of sp³-hybridized carbons (Fsp3) is 0.769. The van der Waals surface area contributed by atoms with Crippen molar-refractivity contribution in [3.05, 3.63) is 16.1 Å². The summed E-state index contributed by atoms with van der Waals surface area (Å²) >= 11 is 1.89. The van der Waals surface area contributed by atoms with Gasteiger partial charge in [-0.2, -0.15) is 0 Å². The second kappa shape index (κ2) is 5.11. The molecule has 1 aliphatic carbocycles. The summed E-state index contributed by atoms with van der Waals surface area (Å²) in [4.78, 5) is 4.78. The zero-order chi connectivity index (χ0) is 10.7. The normalized spacial score (nSPS) is 26.8. The van der Waals surface area contributed by atoms with Gasteiger partial charge >= 0.3 is 0 Å². The molecule has 1 aliphatic rings. The average molecular weight is 223 g/mol. The number of thiazole rings is 1. The van der Waals surface area contributed by atoms with Gasteiger partial charge in [0.05, 0.1) is 10.7 Å². The molecular formula is C13H21NS. The van der Waals surface area contributed by atoms with Crippen LogP contribution in [0.3, 0.4) is 0 Å². The molecule has 1 saturated carbocycles. The fourth-order valence-electron chi connectivity index (χ4n) is 2.54. The smallest absolute Gasteiger partial charge is 0.0959 e. The Morgan fingerprint density at radius 2 is 2.33 bits per heavy atom. The first kappa shape index (κ1) is 11.1. The minimum Gasteiger partial charge on any atom is -0.246 e. The molecule has 0 aromatic carbocycles. The van der Waals surface area contributed by atoms with E-state index in [0.717, 1.165) is 18.3 Å². The Bertz CT molecular complexity index is 305. The monoisotopic (exact) mass is 223 g/mol.